The molecule has 6 heteroatoms. The third-order valence-corrected chi connectivity index (χ3v) is 5.09. The van der Waals surface area contributed by atoms with Crippen molar-refractivity contribution in [2.45, 2.75) is 52.5 Å². The Kier molecular flexibility index (Phi) is 6.73. The van der Waals surface area contributed by atoms with Gasteiger partial charge in [0.1, 0.15) is 0 Å². The highest BCUT2D eigenvalue weighted by atomic mass is 127. The Hall–Kier alpha value is -0.790. The first-order valence-corrected chi connectivity index (χ1v) is 8.73. The van der Waals surface area contributed by atoms with Gasteiger partial charge in [0.05, 0.1) is 19.3 Å². The third-order valence-electron chi connectivity index (χ3n) is 5.09. The standard InChI is InChI=1S/C17H29N5.HI/c1-3-18-16(19-9-11-22-13-15(2)12-20-22)21-10-8-17(14-21)6-4-5-7-17;/h12-13H,3-11,14H2,1-2H3,(H,18,19);1H. The fourth-order valence-electron chi connectivity index (χ4n) is 3.92. The molecule has 5 nitrogen and oxygen atoms in total. The number of guanidine groups is 1. The van der Waals surface area contributed by atoms with E-state index in [-0.39, 0.29) is 24.0 Å². The van der Waals surface area contributed by atoms with Gasteiger partial charge in [0, 0.05) is 25.8 Å². The van der Waals surface area contributed by atoms with E-state index in [2.05, 4.69) is 35.4 Å². The number of halogens is 1. The lowest BCUT2D eigenvalue weighted by molar-refractivity contribution is 0.309. The van der Waals surface area contributed by atoms with Gasteiger partial charge in [0.25, 0.3) is 0 Å². The molecule has 23 heavy (non-hydrogen) atoms. The van der Waals surface area contributed by atoms with E-state index in [1.54, 1.807) is 0 Å². The number of nitrogens with one attached hydrogen (secondary N) is 1. The lowest BCUT2D eigenvalue weighted by atomic mass is 9.86. The lowest BCUT2D eigenvalue weighted by Gasteiger charge is -2.26. The molecule has 1 saturated heterocycles. The van der Waals surface area contributed by atoms with Crippen LogP contribution in [0.4, 0.5) is 0 Å². The number of aliphatic imine (C=N–C) groups is 1. The summed E-state index contributed by atoms with van der Waals surface area (Å²) < 4.78 is 1.98. The zero-order chi connectivity index (χ0) is 15.4. The Morgan fingerprint density at radius 1 is 1.35 bits per heavy atom. The lowest BCUT2D eigenvalue weighted by Crippen LogP contribution is -2.41. The summed E-state index contributed by atoms with van der Waals surface area (Å²) in [5.41, 5.74) is 1.80. The van der Waals surface area contributed by atoms with Crippen LogP contribution in [0.2, 0.25) is 0 Å². The van der Waals surface area contributed by atoms with Crippen LogP contribution in [0.25, 0.3) is 0 Å². The van der Waals surface area contributed by atoms with Crippen molar-refractivity contribution in [3.8, 4) is 0 Å². The Bertz CT molecular complexity index is 519. The topological polar surface area (TPSA) is 45.5 Å². The molecule has 0 radical (unpaired) electrons. The fourth-order valence-corrected chi connectivity index (χ4v) is 3.92. The molecular weight excluding hydrogens is 401 g/mol. The summed E-state index contributed by atoms with van der Waals surface area (Å²) in [6.07, 6.45) is 11.0. The van der Waals surface area contributed by atoms with Gasteiger partial charge in [-0.25, -0.2) is 0 Å². The van der Waals surface area contributed by atoms with Gasteiger partial charge in [-0.3, -0.25) is 9.67 Å². The third kappa shape index (κ3) is 4.61. The average molecular weight is 431 g/mol. The van der Waals surface area contributed by atoms with E-state index < -0.39 is 0 Å². The van der Waals surface area contributed by atoms with Gasteiger partial charge in [-0.05, 0) is 44.1 Å². The van der Waals surface area contributed by atoms with Crippen molar-refractivity contribution in [2.75, 3.05) is 26.2 Å². The minimum Gasteiger partial charge on any atom is -0.357 e. The van der Waals surface area contributed by atoms with Crippen molar-refractivity contribution in [1.82, 2.24) is 20.0 Å². The summed E-state index contributed by atoms with van der Waals surface area (Å²) in [7, 11) is 0. The normalized spacial score (nSPS) is 20.1. The largest absolute Gasteiger partial charge is 0.357 e. The fraction of sp³-hybridized carbons (Fsp3) is 0.765. The highest BCUT2D eigenvalue weighted by Crippen LogP contribution is 2.45. The summed E-state index contributed by atoms with van der Waals surface area (Å²) in [5.74, 6) is 1.09. The van der Waals surface area contributed by atoms with Crippen LogP contribution in [0.15, 0.2) is 17.4 Å². The van der Waals surface area contributed by atoms with Crippen molar-refractivity contribution in [1.29, 1.82) is 0 Å². The predicted molar refractivity (Wildman–Crippen MR) is 105 cm³/mol. The van der Waals surface area contributed by atoms with E-state index in [4.69, 9.17) is 4.99 Å². The van der Waals surface area contributed by atoms with Crippen LogP contribution >= 0.6 is 24.0 Å². The number of rotatable bonds is 4. The van der Waals surface area contributed by atoms with Crippen LogP contribution in [0.3, 0.4) is 0 Å². The summed E-state index contributed by atoms with van der Waals surface area (Å²) in [6.45, 7) is 9.14. The van der Waals surface area contributed by atoms with E-state index >= 15 is 0 Å². The van der Waals surface area contributed by atoms with E-state index in [1.807, 2.05) is 10.9 Å². The second-order valence-electron chi connectivity index (χ2n) is 6.90. The zero-order valence-corrected chi connectivity index (χ0v) is 16.8. The van der Waals surface area contributed by atoms with Crippen LogP contribution in [0, 0.1) is 12.3 Å². The molecule has 130 valence electrons. The van der Waals surface area contributed by atoms with E-state index in [1.165, 1.54) is 44.2 Å². The Balaban J connectivity index is 0.00000192. The molecule has 3 rings (SSSR count). The predicted octanol–water partition coefficient (Wildman–Crippen LogP) is 3.04. The minimum atomic E-state index is 0. The summed E-state index contributed by atoms with van der Waals surface area (Å²) in [5, 5.41) is 7.80. The van der Waals surface area contributed by atoms with Gasteiger partial charge < -0.3 is 10.2 Å². The summed E-state index contributed by atoms with van der Waals surface area (Å²) in [4.78, 5) is 7.30. The maximum Gasteiger partial charge on any atom is 0.193 e. The number of hydrogen-bond acceptors (Lipinski definition) is 2. The molecule has 1 aromatic rings. The molecular formula is C17H30IN5. The van der Waals surface area contributed by atoms with Gasteiger partial charge in [0.2, 0.25) is 0 Å². The van der Waals surface area contributed by atoms with Gasteiger partial charge >= 0.3 is 0 Å². The number of aryl methyl sites for hydroxylation is 1. The molecule has 0 aromatic carbocycles. The monoisotopic (exact) mass is 431 g/mol. The highest BCUT2D eigenvalue weighted by Gasteiger charge is 2.40. The van der Waals surface area contributed by atoms with Crippen LogP contribution < -0.4 is 5.32 Å². The molecule has 0 amide bonds. The van der Waals surface area contributed by atoms with Crippen LogP contribution in [-0.2, 0) is 6.54 Å². The molecule has 0 atom stereocenters. The molecule has 2 heterocycles. The van der Waals surface area contributed by atoms with Crippen LogP contribution in [0.1, 0.15) is 44.6 Å². The molecule has 1 saturated carbocycles. The van der Waals surface area contributed by atoms with Crippen LogP contribution in [-0.4, -0.2) is 46.8 Å². The number of hydrogen-bond donors (Lipinski definition) is 1. The van der Waals surface area contributed by atoms with E-state index in [0.717, 1.165) is 32.1 Å². The maximum atomic E-state index is 4.83. The van der Waals surface area contributed by atoms with Gasteiger partial charge in [-0.15, -0.1) is 24.0 Å². The second kappa shape index (κ2) is 8.35. The Morgan fingerprint density at radius 2 is 2.13 bits per heavy atom. The number of likely N-dealkylation sites (tertiary alicyclic amines) is 1. The number of aromatic nitrogens is 2. The molecule has 2 aliphatic rings. The zero-order valence-electron chi connectivity index (χ0n) is 14.4. The van der Waals surface area contributed by atoms with E-state index in [0.29, 0.717) is 5.41 Å². The molecule has 0 unspecified atom stereocenters. The molecule has 1 aromatic heterocycles. The molecule has 2 fully saturated rings. The number of nitrogens with zero attached hydrogens (tertiary/aromatic N) is 4. The Labute approximate surface area is 156 Å². The Morgan fingerprint density at radius 3 is 2.78 bits per heavy atom. The quantitative estimate of drug-likeness (QED) is 0.453. The average Bonchev–Trinajstić information content (AvgIpc) is 3.22. The van der Waals surface area contributed by atoms with Crippen molar-refractivity contribution in [2.24, 2.45) is 10.4 Å². The van der Waals surface area contributed by atoms with Gasteiger partial charge in [-0.2, -0.15) is 5.10 Å². The van der Waals surface area contributed by atoms with E-state index in [9.17, 15) is 0 Å². The molecule has 1 aliphatic heterocycles. The first-order chi connectivity index (χ1) is 10.7. The first kappa shape index (κ1) is 18.5. The SMILES string of the molecule is CCNC(=NCCn1cc(C)cn1)N1CCC2(CCCC2)C1.I. The summed E-state index contributed by atoms with van der Waals surface area (Å²) in [6, 6.07) is 0. The van der Waals surface area contributed by atoms with Crippen molar-refractivity contribution in [3.05, 3.63) is 18.0 Å². The van der Waals surface area contributed by atoms with Crippen molar-refractivity contribution >= 4 is 29.9 Å². The molecule has 1 spiro atoms. The maximum absolute atomic E-state index is 4.83. The second-order valence-corrected chi connectivity index (χ2v) is 6.90. The van der Waals surface area contributed by atoms with Crippen LogP contribution in [0.5, 0.6) is 0 Å². The van der Waals surface area contributed by atoms with Gasteiger partial charge in [0.15, 0.2) is 5.96 Å². The first-order valence-electron chi connectivity index (χ1n) is 8.73. The molecule has 1 N–H and O–H groups in total. The minimum absolute atomic E-state index is 0. The van der Waals surface area contributed by atoms with Crippen molar-refractivity contribution in [3.63, 3.8) is 0 Å². The smallest absolute Gasteiger partial charge is 0.193 e. The van der Waals surface area contributed by atoms with Gasteiger partial charge in [-0.1, -0.05) is 12.8 Å². The summed E-state index contributed by atoms with van der Waals surface area (Å²) >= 11 is 0. The highest BCUT2D eigenvalue weighted by molar-refractivity contribution is 14.0. The molecule has 1 aliphatic carbocycles. The van der Waals surface area contributed by atoms with Crippen molar-refractivity contribution < 1.29 is 0 Å². The molecule has 0 bridgehead atoms.